The number of carbonyl (C=O) groups excluding carboxylic acids is 1. The van der Waals surface area contributed by atoms with Crippen molar-refractivity contribution >= 4 is 17.6 Å². The highest BCUT2D eigenvalue weighted by Gasteiger charge is 2.31. The topological polar surface area (TPSA) is 94.6 Å². The Morgan fingerprint density at radius 2 is 1.94 bits per heavy atom. The summed E-state index contributed by atoms with van der Waals surface area (Å²) >= 11 is 6.08. The van der Waals surface area contributed by atoms with E-state index in [1.54, 1.807) is 42.5 Å². The predicted octanol–water partition coefficient (Wildman–Crippen LogP) is 5.18. The molecule has 2 N–H and O–H groups in total. The minimum atomic E-state index is -0.589. The molecule has 6 nitrogen and oxygen atoms in total. The third-order valence-corrected chi connectivity index (χ3v) is 5.33. The van der Waals surface area contributed by atoms with Gasteiger partial charge in [0.05, 0.1) is 23.1 Å². The van der Waals surface area contributed by atoms with Gasteiger partial charge in [0.15, 0.2) is 0 Å². The molecule has 1 atom stereocenters. The normalized spacial score (nSPS) is 14.7. The van der Waals surface area contributed by atoms with Crippen LogP contribution in [0.15, 0.2) is 78.2 Å². The van der Waals surface area contributed by atoms with E-state index >= 15 is 0 Å². The summed E-state index contributed by atoms with van der Waals surface area (Å²) in [6, 6.07) is 21.3. The lowest BCUT2D eigenvalue weighted by Gasteiger charge is -2.27. The Hall–Kier alpha value is -3.95. The molecule has 1 heterocycles. The van der Waals surface area contributed by atoms with Crippen LogP contribution < -0.4 is 19.9 Å². The van der Waals surface area contributed by atoms with Gasteiger partial charge in [-0.1, -0.05) is 41.9 Å². The maximum atomic E-state index is 12.5. The molecule has 0 bridgehead atoms. The van der Waals surface area contributed by atoms with Crippen molar-refractivity contribution in [3.8, 4) is 23.3 Å². The van der Waals surface area contributed by atoms with Gasteiger partial charge in [0.1, 0.15) is 28.9 Å². The summed E-state index contributed by atoms with van der Waals surface area (Å²) in [5.74, 6) is 0.327. The first-order chi connectivity index (χ1) is 15.5. The van der Waals surface area contributed by atoms with Gasteiger partial charge in [0.2, 0.25) is 5.88 Å². The van der Waals surface area contributed by atoms with Gasteiger partial charge >= 0.3 is 5.97 Å². The quantitative estimate of drug-likeness (QED) is 0.429. The lowest BCUT2D eigenvalue weighted by atomic mass is 9.83. The smallest absolute Gasteiger partial charge is 0.345 e. The van der Waals surface area contributed by atoms with E-state index in [9.17, 15) is 10.1 Å². The summed E-state index contributed by atoms with van der Waals surface area (Å²) in [6.45, 7) is 2.43. The fourth-order valence-electron chi connectivity index (χ4n) is 3.58. The van der Waals surface area contributed by atoms with E-state index < -0.39 is 11.9 Å². The Morgan fingerprint density at radius 3 is 2.69 bits per heavy atom. The van der Waals surface area contributed by atoms with Crippen LogP contribution in [0.25, 0.3) is 0 Å². The lowest BCUT2D eigenvalue weighted by molar-refractivity contribution is 0.0734. The highest BCUT2D eigenvalue weighted by molar-refractivity contribution is 6.33. The van der Waals surface area contributed by atoms with Gasteiger partial charge in [0, 0.05) is 11.6 Å². The van der Waals surface area contributed by atoms with Crippen LogP contribution in [0.5, 0.6) is 17.2 Å². The lowest BCUT2D eigenvalue weighted by Crippen LogP contribution is -2.21. The number of nitrogens with zero attached hydrogens (tertiary/aromatic N) is 1. The first-order valence-electron chi connectivity index (χ1n) is 9.92. The van der Waals surface area contributed by atoms with Crippen molar-refractivity contribution in [2.24, 2.45) is 5.73 Å². The standard InChI is InChI=1S/C25H19ClN2O4/c1-2-30-16-7-5-6-15(12-16)23-19-11-10-17(13-22(19)32-24(28)20(23)14-27)31-25(29)18-8-3-4-9-21(18)26/h3-13,23H,2,28H2,1H3. The number of fused-ring (bicyclic) bond motifs is 1. The summed E-state index contributed by atoms with van der Waals surface area (Å²) in [4.78, 5) is 12.5. The average Bonchev–Trinajstić information content (AvgIpc) is 2.78. The number of carbonyl (C=O) groups is 1. The number of rotatable bonds is 5. The highest BCUT2D eigenvalue weighted by atomic mass is 35.5. The first kappa shape index (κ1) is 21.3. The zero-order valence-corrected chi connectivity index (χ0v) is 17.9. The van der Waals surface area contributed by atoms with Crippen molar-refractivity contribution < 1.29 is 19.0 Å². The summed E-state index contributed by atoms with van der Waals surface area (Å²) in [6.07, 6.45) is 0. The molecule has 3 aromatic carbocycles. The van der Waals surface area contributed by atoms with Crippen LogP contribution in [0.4, 0.5) is 0 Å². The predicted molar refractivity (Wildman–Crippen MR) is 120 cm³/mol. The van der Waals surface area contributed by atoms with E-state index in [1.165, 1.54) is 0 Å². The number of halogens is 1. The van der Waals surface area contributed by atoms with Gasteiger partial charge in [-0.25, -0.2) is 4.79 Å². The van der Waals surface area contributed by atoms with E-state index in [0.29, 0.717) is 28.7 Å². The first-order valence-corrected chi connectivity index (χ1v) is 10.3. The Kier molecular flexibility index (Phi) is 6.02. The molecule has 0 spiro atoms. The van der Waals surface area contributed by atoms with Crippen LogP contribution in [-0.2, 0) is 0 Å². The summed E-state index contributed by atoms with van der Waals surface area (Å²) in [7, 11) is 0. The number of esters is 1. The zero-order valence-electron chi connectivity index (χ0n) is 17.2. The molecule has 32 heavy (non-hydrogen) atoms. The molecule has 7 heteroatoms. The third-order valence-electron chi connectivity index (χ3n) is 5.00. The summed E-state index contributed by atoms with van der Waals surface area (Å²) in [5.41, 5.74) is 8.18. The van der Waals surface area contributed by atoms with E-state index in [-0.39, 0.29) is 17.2 Å². The maximum Gasteiger partial charge on any atom is 0.345 e. The molecule has 4 rings (SSSR count). The van der Waals surface area contributed by atoms with E-state index in [2.05, 4.69) is 6.07 Å². The molecule has 0 amide bonds. The molecule has 3 aromatic rings. The van der Waals surface area contributed by atoms with Gasteiger partial charge in [-0.15, -0.1) is 0 Å². The van der Waals surface area contributed by atoms with Crippen molar-refractivity contribution in [1.82, 2.24) is 0 Å². The SMILES string of the molecule is CCOc1cccc(C2C(C#N)=C(N)Oc3cc(OC(=O)c4ccccc4Cl)ccc32)c1. The molecule has 1 aliphatic heterocycles. The third kappa shape index (κ3) is 4.11. The monoisotopic (exact) mass is 446 g/mol. The summed E-state index contributed by atoms with van der Waals surface area (Å²) < 4.78 is 16.8. The largest absolute Gasteiger partial charge is 0.494 e. The molecular formula is C25H19ClN2O4. The zero-order chi connectivity index (χ0) is 22.7. The molecule has 0 saturated heterocycles. The number of hydrogen-bond acceptors (Lipinski definition) is 6. The highest BCUT2D eigenvalue weighted by Crippen LogP contribution is 2.44. The molecule has 160 valence electrons. The molecule has 0 fully saturated rings. The summed E-state index contributed by atoms with van der Waals surface area (Å²) in [5, 5.41) is 10.0. The van der Waals surface area contributed by atoms with Crippen molar-refractivity contribution in [1.29, 1.82) is 5.26 Å². The van der Waals surface area contributed by atoms with E-state index in [4.69, 9.17) is 31.5 Å². The molecule has 1 aliphatic rings. The second kappa shape index (κ2) is 9.04. The van der Waals surface area contributed by atoms with Crippen LogP contribution in [0.2, 0.25) is 5.02 Å². The van der Waals surface area contributed by atoms with Gasteiger partial charge in [-0.05, 0) is 42.8 Å². The fraction of sp³-hybridized carbons (Fsp3) is 0.120. The van der Waals surface area contributed by atoms with Crippen molar-refractivity contribution in [3.63, 3.8) is 0 Å². The molecule has 0 aliphatic carbocycles. The van der Waals surface area contributed by atoms with Crippen LogP contribution in [0, 0.1) is 11.3 Å². The number of hydrogen-bond donors (Lipinski definition) is 1. The molecular weight excluding hydrogens is 428 g/mol. The number of allylic oxidation sites excluding steroid dienone is 1. The Labute approximate surface area is 190 Å². The molecule has 0 radical (unpaired) electrons. The second-order valence-electron chi connectivity index (χ2n) is 7.00. The van der Waals surface area contributed by atoms with E-state index in [1.807, 2.05) is 31.2 Å². The second-order valence-corrected chi connectivity index (χ2v) is 7.41. The van der Waals surface area contributed by atoms with Crippen LogP contribution in [-0.4, -0.2) is 12.6 Å². The van der Waals surface area contributed by atoms with Gasteiger partial charge < -0.3 is 19.9 Å². The van der Waals surface area contributed by atoms with Crippen molar-refractivity contribution in [3.05, 3.63) is 99.9 Å². The Morgan fingerprint density at radius 1 is 1.12 bits per heavy atom. The van der Waals surface area contributed by atoms with Gasteiger partial charge in [-0.3, -0.25) is 0 Å². The number of benzene rings is 3. The Balaban J connectivity index is 1.70. The average molecular weight is 447 g/mol. The number of ether oxygens (including phenoxy) is 3. The van der Waals surface area contributed by atoms with Crippen molar-refractivity contribution in [2.75, 3.05) is 6.61 Å². The van der Waals surface area contributed by atoms with Crippen LogP contribution >= 0.6 is 11.6 Å². The van der Waals surface area contributed by atoms with Crippen LogP contribution in [0.3, 0.4) is 0 Å². The maximum absolute atomic E-state index is 12.5. The van der Waals surface area contributed by atoms with Gasteiger partial charge in [0.25, 0.3) is 0 Å². The number of nitrogens with two attached hydrogens (primary N) is 1. The van der Waals surface area contributed by atoms with Gasteiger partial charge in [-0.2, -0.15) is 5.26 Å². The van der Waals surface area contributed by atoms with Crippen LogP contribution in [0.1, 0.15) is 34.3 Å². The fourth-order valence-corrected chi connectivity index (χ4v) is 3.79. The van der Waals surface area contributed by atoms with E-state index in [0.717, 1.165) is 11.1 Å². The minimum Gasteiger partial charge on any atom is -0.494 e. The molecule has 1 unspecified atom stereocenters. The number of nitriles is 1. The molecule has 0 aromatic heterocycles. The molecule has 0 saturated carbocycles. The minimum absolute atomic E-state index is 0.00129. The Bertz CT molecular complexity index is 1260. The van der Waals surface area contributed by atoms with Crippen molar-refractivity contribution in [2.45, 2.75) is 12.8 Å².